The molecule has 2 aromatic carbocycles. The van der Waals surface area contributed by atoms with Gasteiger partial charge in [0, 0.05) is 0 Å². The highest BCUT2D eigenvalue weighted by molar-refractivity contribution is 5.74. The van der Waals surface area contributed by atoms with Crippen molar-refractivity contribution in [3.63, 3.8) is 0 Å². The first-order valence-corrected chi connectivity index (χ1v) is 8.08. The molecule has 0 bridgehead atoms. The van der Waals surface area contributed by atoms with Gasteiger partial charge in [0.2, 0.25) is 0 Å². The van der Waals surface area contributed by atoms with Crippen molar-refractivity contribution in [1.82, 2.24) is 10.6 Å². The van der Waals surface area contributed by atoms with E-state index in [9.17, 15) is 9.18 Å². The number of hydrogen-bond acceptors (Lipinski definition) is 3. The average Bonchev–Trinajstić information content (AvgIpc) is 2.63. The molecule has 0 aromatic heterocycles. The number of methoxy groups -OCH3 is 1. The summed E-state index contributed by atoms with van der Waals surface area (Å²) in [6.07, 6.45) is 0.507. The molecule has 5 nitrogen and oxygen atoms in total. The molecule has 0 spiro atoms. The summed E-state index contributed by atoms with van der Waals surface area (Å²) in [5.41, 5.74) is 1.80. The van der Waals surface area contributed by atoms with E-state index in [2.05, 4.69) is 10.6 Å². The summed E-state index contributed by atoms with van der Waals surface area (Å²) < 4.78 is 18.3. The highest BCUT2D eigenvalue weighted by Crippen LogP contribution is 2.21. The van der Waals surface area contributed by atoms with Crippen LogP contribution in [0.4, 0.5) is 9.18 Å². The van der Waals surface area contributed by atoms with Crippen LogP contribution >= 0.6 is 0 Å². The molecule has 2 amide bonds. The summed E-state index contributed by atoms with van der Waals surface area (Å²) in [6, 6.07) is 12.6. The van der Waals surface area contributed by atoms with E-state index in [1.807, 2.05) is 24.3 Å². The molecule has 25 heavy (non-hydrogen) atoms. The molecular formula is C19H23FN2O3. The number of carbonyl (C=O) groups is 1. The summed E-state index contributed by atoms with van der Waals surface area (Å²) in [6.45, 7) is 1.57. The molecule has 2 aromatic rings. The predicted octanol–water partition coefficient (Wildman–Crippen LogP) is 2.80. The second kappa shape index (κ2) is 9.03. The van der Waals surface area contributed by atoms with Crippen LogP contribution in [0.25, 0.3) is 0 Å². The van der Waals surface area contributed by atoms with E-state index in [1.54, 1.807) is 26.2 Å². The quantitative estimate of drug-likeness (QED) is 0.722. The number of aliphatic hydroxyl groups is 1. The number of carbonyl (C=O) groups excluding carboxylic acids is 1. The predicted molar refractivity (Wildman–Crippen MR) is 94.1 cm³/mol. The molecule has 2 atom stereocenters. The van der Waals surface area contributed by atoms with Crippen molar-refractivity contribution in [2.75, 3.05) is 13.7 Å². The largest absolute Gasteiger partial charge is 0.497 e. The van der Waals surface area contributed by atoms with E-state index in [0.29, 0.717) is 6.42 Å². The number of aliphatic hydroxyl groups excluding tert-OH is 1. The Morgan fingerprint density at radius 3 is 2.32 bits per heavy atom. The second-order valence-corrected chi connectivity index (χ2v) is 5.86. The van der Waals surface area contributed by atoms with Gasteiger partial charge < -0.3 is 20.5 Å². The van der Waals surface area contributed by atoms with Gasteiger partial charge in [-0.15, -0.1) is 0 Å². The van der Waals surface area contributed by atoms with Gasteiger partial charge in [-0.05, 0) is 48.7 Å². The summed E-state index contributed by atoms with van der Waals surface area (Å²) in [5.74, 6) is 0.426. The average molecular weight is 346 g/mol. The zero-order valence-electron chi connectivity index (χ0n) is 14.3. The van der Waals surface area contributed by atoms with Crippen LogP contribution in [0.15, 0.2) is 48.5 Å². The minimum Gasteiger partial charge on any atom is -0.497 e. The molecule has 2 unspecified atom stereocenters. The molecular weight excluding hydrogens is 323 g/mol. The Balaban J connectivity index is 2.17. The molecule has 0 radical (unpaired) electrons. The number of rotatable bonds is 7. The van der Waals surface area contributed by atoms with Crippen LogP contribution in [0, 0.1) is 5.82 Å². The topological polar surface area (TPSA) is 70.6 Å². The van der Waals surface area contributed by atoms with Crippen LogP contribution in [0.2, 0.25) is 0 Å². The molecule has 3 N–H and O–H groups in total. The Kier molecular flexibility index (Phi) is 6.77. The third-order valence-electron chi connectivity index (χ3n) is 3.83. The first kappa shape index (κ1) is 18.7. The van der Waals surface area contributed by atoms with Gasteiger partial charge in [0.25, 0.3) is 0 Å². The number of benzene rings is 2. The van der Waals surface area contributed by atoms with Gasteiger partial charge in [-0.1, -0.05) is 24.3 Å². The number of hydrogen-bond donors (Lipinski definition) is 3. The van der Waals surface area contributed by atoms with Gasteiger partial charge in [0.1, 0.15) is 11.6 Å². The number of urea groups is 1. The maximum absolute atomic E-state index is 13.1. The zero-order valence-corrected chi connectivity index (χ0v) is 14.3. The van der Waals surface area contributed by atoms with Crippen molar-refractivity contribution in [1.29, 1.82) is 0 Å². The fourth-order valence-corrected chi connectivity index (χ4v) is 2.41. The maximum atomic E-state index is 13.1. The van der Waals surface area contributed by atoms with Gasteiger partial charge in [0.15, 0.2) is 0 Å². The molecule has 0 saturated heterocycles. The SMILES string of the molecule is COc1ccc(C(Cc2ccc(F)cc2)NC(=O)NC(C)CO)cc1. The van der Waals surface area contributed by atoms with Gasteiger partial charge in [0.05, 0.1) is 25.8 Å². The highest BCUT2D eigenvalue weighted by atomic mass is 19.1. The molecule has 0 aliphatic carbocycles. The van der Waals surface area contributed by atoms with Gasteiger partial charge >= 0.3 is 6.03 Å². The molecule has 0 aliphatic rings. The lowest BCUT2D eigenvalue weighted by molar-refractivity contribution is 0.217. The Morgan fingerprint density at radius 1 is 1.12 bits per heavy atom. The standard InChI is InChI=1S/C19H23FN2O3/c1-13(12-23)21-19(24)22-18(11-14-3-7-16(20)8-4-14)15-5-9-17(25-2)10-6-15/h3-10,13,18,23H,11-12H2,1-2H3,(H2,21,22,24). The van der Waals surface area contributed by atoms with Crippen molar-refractivity contribution >= 4 is 6.03 Å². The van der Waals surface area contributed by atoms with Crippen molar-refractivity contribution < 1.29 is 19.0 Å². The highest BCUT2D eigenvalue weighted by Gasteiger charge is 2.17. The lowest BCUT2D eigenvalue weighted by atomic mass is 9.99. The van der Waals surface area contributed by atoms with Crippen LogP contribution in [0.1, 0.15) is 24.1 Å². The van der Waals surface area contributed by atoms with E-state index < -0.39 is 0 Å². The molecule has 0 fully saturated rings. The molecule has 6 heteroatoms. The molecule has 0 saturated carbocycles. The first-order valence-electron chi connectivity index (χ1n) is 8.08. The summed E-state index contributed by atoms with van der Waals surface area (Å²) >= 11 is 0. The lowest BCUT2D eigenvalue weighted by Crippen LogP contribution is -2.44. The molecule has 0 aliphatic heterocycles. The summed E-state index contributed by atoms with van der Waals surface area (Å²) in [5, 5.41) is 14.6. The van der Waals surface area contributed by atoms with Gasteiger partial charge in [-0.3, -0.25) is 0 Å². The van der Waals surface area contributed by atoms with Crippen LogP contribution in [0.3, 0.4) is 0 Å². The number of amides is 2. The Bertz CT molecular complexity index is 674. The monoisotopic (exact) mass is 346 g/mol. The second-order valence-electron chi connectivity index (χ2n) is 5.86. The third-order valence-corrected chi connectivity index (χ3v) is 3.83. The summed E-state index contributed by atoms with van der Waals surface area (Å²) in [7, 11) is 1.59. The Hall–Kier alpha value is -2.60. The van der Waals surface area contributed by atoms with Crippen molar-refractivity contribution in [2.45, 2.75) is 25.4 Å². The van der Waals surface area contributed by atoms with Crippen LogP contribution in [0.5, 0.6) is 5.75 Å². The molecule has 134 valence electrons. The van der Waals surface area contributed by atoms with E-state index in [4.69, 9.17) is 9.84 Å². The van der Waals surface area contributed by atoms with Crippen LogP contribution in [-0.2, 0) is 6.42 Å². The van der Waals surface area contributed by atoms with Crippen molar-refractivity contribution in [3.8, 4) is 5.75 Å². The number of ether oxygens (including phenoxy) is 1. The number of nitrogens with one attached hydrogen (secondary N) is 2. The molecule has 0 heterocycles. The fourth-order valence-electron chi connectivity index (χ4n) is 2.41. The van der Waals surface area contributed by atoms with Crippen LogP contribution < -0.4 is 15.4 Å². The van der Waals surface area contributed by atoms with E-state index >= 15 is 0 Å². The number of halogens is 1. The van der Waals surface area contributed by atoms with E-state index in [1.165, 1.54) is 12.1 Å². The zero-order chi connectivity index (χ0) is 18.2. The first-order chi connectivity index (χ1) is 12.0. The smallest absolute Gasteiger partial charge is 0.315 e. The summed E-state index contributed by atoms with van der Waals surface area (Å²) in [4.78, 5) is 12.1. The minimum absolute atomic E-state index is 0.140. The Morgan fingerprint density at radius 2 is 1.76 bits per heavy atom. The van der Waals surface area contributed by atoms with E-state index in [-0.39, 0.29) is 30.5 Å². The van der Waals surface area contributed by atoms with Crippen molar-refractivity contribution in [3.05, 3.63) is 65.5 Å². The van der Waals surface area contributed by atoms with Crippen LogP contribution in [-0.4, -0.2) is 30.9 Å². The lowest BCUT2D eigenvalue weighted by Gasteiger charge is -2.21. The molecule has 2 rings (SSSR count). The third kappa shape index (κ3) is 5.76. The fraction of sp³-hybridized carbons (Fsp3) is 0.316. The van der Waals surface area contributed by atoms with Gasteiger partial charge in [-0.25, -0.2) is 9.18 Å². The maximum Gasteiger partial charge on any atom is 0.315 e. The Labute approximate surface area is 146 Å². The van der Waals surface area contributed by atoms with Gasteiger partial charge in [-0.2, -0.15) is 0 Å². The minimum atomic E-state index is -0.371. The normalized spacial score (nSPS) is 13.0. The van der Waals surface area contributed by atoms with Crippen molar-refractivity contribution in [2.24, 2.45) is 0 Å². The van der Waals surface area contributed by atoms with E-state index in [0.717, 1.165) is 16.9 Å².